The maximum absolute atomic E-state index is 11.6. The highest BCUT2D eigenvalue weighted by atomic mass is 16.6. The first-order chi connectivity index (χ1) is 11.0. The van der Waals surface area contributed by atoms with Gasteiger partial charge in [0.25, 0.3) is 0 Å². The molecule has 2 N–H and O–H groups in total. The molecule has 120 valence electrons. The summed E-state index contributed by atoms with van der Waals surface area (Å²) in [6.45, 7) is 0. The highest BCUT2D eigenvalue weighted by molar-refractivity contribution is 5.95. The Kier molecular flexibility index (Phi) is 4.60. The molecule has 0 radical (unpaired) electrons. The van der Waals surface area contributed by atoms with E-state index in [9.17, 15) is 14.9 Å². The molecule has 0 saturated heterocycles. The van der Waals surface area contributed by atoms with Gasteiger partial charge in [-0.25, -0.2) is 4.79 Å². The first-order valence-corrected chi connectivity index (χ1v) is 6.30. The molecule has 0 bridgehead atoms. The molecular weight excluding hydrogens is 306 g/mol. The van der Waals surface area contributed by atoms with Gasteiger partial charge in [0, 0.05) is 11.8 Å². The summed E-state index contributed by atoms with van der Waals surface area (Å²) in [5.41, 5.74) is 6.08. The molecule has 0 spiro atoms. The summed E-state index contributed by atoms with van der Waals surface area (Å²) in [4.78, 5) is 25.4. The van der Waals surface area contributed by atoms with E-state index in [1.807, 2.05) is 0 Å². The van der Waals surface area contributed by atoms with Gasteiger partial charge in [0.2, 0.25) is 5.75 Å². The monoisotopic (exact) mass is 319 g/mol. The summed E-state index contributed by atoms with van der Waals surface area (Å²) in [5.74, 6) is -0.582. The molecule has 23 heavy (non-hydrogen) atoms. The van der Waals surface area contributed by atoms with Gasteiger partial charge in [-0.1, -0.05) is 0 Å². The maximum Gasteiger partial charge on any atom is 0.406 e. The van der Waals surface area contributed by atoms with Gasteiger partial charge in [0.1, 0.15) is 5.75 Å². The Hall–Kier alpha value is -3.36. The predicted octanol–water partition coefficient (Wildman–Crippen LogP) is 2.16. The van der Waals surface area contributed by atoms with E-state index in [1.165, 1.54) is 44.7 Å². The van der Waals surface area contributed by atoms with E-state index in [0.717, 1.165) is 0 Å². The number of ether oxygens (including phenoxy) is 3. The molecule has 1 aromatic heterocycles. The third-order valence-corrected chi connectivity index (χ3v) is 2.87. The number of aromatic nitrogens is 1. The number of nitrogen functional groups attached to an aromatic ring is 1. The Morgan fingerprint density at radius 1 is 1.26 bits per heavy atom. The number of hydrogen-bond acceptors (Lipinski definition) is 8. The van der Waals surface area contributed by atoms with Crippen LogP contribution < -0.4 is 15.2 Å². The zero-order chi connectivity index (χ0) is 17.0. The minimum atomic E-state index is -0.665. The zero-order valence-corrected chi connectivity index (χ0v) is 12.3. The number of carbonyl (C=O) groups excluding carboxylic acids is 1. The fourth-order valence-electron chi connectivity index (χ4n) is 1.78. The average Bonchev–Trinajstić information content (AvgIpc) is 2.55. The number of rotatable bonds is 5. The van der Waals surface area contributed by atoms with Crippen LogP contribution >= 0.6 is 0 Å². The number of esters is 1. The lowest BCUT2D eigenvalue weighted by molar-refractivity contribution is -0.390. The third-order valence-electron chi connectivity index (χ3n) is 2.87. The smallest absolute Gasteiger partial charge is 0.406 e. The number of pyridine rings is 1. The Bertz CT molecular complexity index is 762. The lowest BCUT2D eigenvalue weighted by Crippen LogP contribution is -2.05. The standard InChI is InChI=1S/C14H13N3O6/c1-21-12-6-9(7-16-13(12)17(19)20)23-8-3-4-11(15)10(5-8)14(18)22-2/h3-7H,15H2,1-2H3. The van der Waals surface area contributed by atoms with Crippen LogP contribution in [-0.2, 0) is 4.74 Å². The summed E-state index contributed by atoms with van der Waals surface area (Å²) >= 11 is 0. The highest BCUT2D eigenvalue weighted by Crippen LogP contribution is 2.31. The Morgan fingerprint density at radius 3 is 2.61 bits per heavy atom. The summed E-state index contributed by atoms with van der Waals surface area (Å²) < 4.78 is 15.0. The van der Waals surface area contributed by atoms with Crippen molar-refractivity contribution in [3.63, 3.8) is 0 Å². The molecule has 1 heterocycles. The number of nitrogens with two attached hydrogens (primary N) is 1. The van der Waals surface area contributed by atoms with Crippen molar-refractivity contribution in [1.82, 2.24) is 4.98 Å². The van der Waals surface area contributed by atoms with Crippen molar-refractivity contribution >= 4 is 17.5 Å². The second-order valence-corrected chi connectivity index (χ2v) is 4.30. The normalized spacial score (nSPS) is 10.0. The van der Waals surface area contributed by atoms with E-state index in [4.69, 9.17) is 15.2 Å². The van der Waals surface area contributed by atoms with Gasteiger partial charge in [0.15, 0.2) is 11.9 Å². The minimum Gasteiger partial charge on any atom is -0.489 e. The molecule has 0 aliphatic carbocycles. The number of carbonyl (C=O) groups is 1. The molecule has 9 heteroatoms. The summed E-state index contributed by atoms with van der Waals surface area (Å²) in [5, 5.41) is 10.8. The third kappa shape index (κ3) is 3.46. The van der Waals surface area contributed by atoms with Gasteiger partial charge in [-0.15, -0.1) is 0 Å². The Balaban J connectivity index is 2.32. The molecule has 0 saturated carbocycles. The van der Waals surface area contributed by atoms with Crippen LogP contribution in [-0.4, -0.2) is 30.1 Å². The quantitative estimate of drug-likeness (QED) is 0.384. The molecule has 2 aromatic rings. The molecule has 0 aliphatic heterocycles. The lowest BCUT2D eigenvalue weighted by Gasteiger charge is -2.09. The molecule has 0 atom stereocenters. The Morgan fingerprint density at radius 2 is 2.00 bits per heavy atom. The first kappa shape index (κ1) is 16.0. The van der Waals surface area contributed by atoms with Crippen LogP contribution in [0.15, 0.2) is 30.5 Å². The summed E-state index contributed by atoms with van der Waals surface area (Å²) in [7, 11) is 2.52. The fraction of sp³-hybridized carbons (Fsp3) is 0.143. The van der Waals surface area contributed by atoms with Gasteiger partial charge < -0.3 is 30.1 Å². The summed E-state index contributed by atoms with van der Waals surface area (Å²) in [6.07, 6.45) is 1.18. The van der Waals surface area contributed by atoms with Gasteiger partial charge >= 0.3 is 11.8 Å². The van der Waals surface area contributed by atoms with Crippen LogP contribution in [0.3, 0.4) is 0 Å². The van der Waals surface area contributed by atoms with Crippen LogP contribution in [0.2, 0.25) is 0 Å². The van der Waals surface area contributed by atoms with Crippen LogP contribution in [0.4, 0.5) is 11.5 Å². The van der Waals surface area contributed by atoms with Gasteiger partial charge in [0.05, 0.1) is 19.8 Å². The van der Waals surface area contributed by atoms with Crippen molar-refractivity contribution < 1.29 is 23.9 Å². The second-order valence-electron chi connectivity index (χ2n) is 4.30. The van der Waals surface area contributed by atoms with Crippen molar-refractivity contribution in [2.75, 3.05) is 20.0 Å². The van der Waals surface area contributed by atoms with Crippen LogP contribution in [0.5, 0.6) is 17.2 Å². The van der Waals surface area contributed by atoms with Crippen molar-refractivity contribution in [3.8, 4) is 17.2 Å². The van der Waals surface area contributed by atoms with E-state index < -0.39 is 16.7 Å². The van der Waals surface area contributed by atoms with Gasteiger partial charge in [-0.05, 0) is 28.1 Å². The van der Waals surface area contributed by atoms with E-state index in [-0.39, 0.29) is 28.5 Å². The first-order valence-electron chi connectivity index (χ1n) is 6.30. The van der Waals surface area contributed by atoms with Crippen molar-refractivity contribution in [2.45, 2.75) is 0 Å². The van der Waals surface area contributed by atoms with Crippen LogP contribution in [0, 0.1) is 10.1 Å². The zero-order valence-electron chi connectivity index (χ0n) is 12.3. The molecule has 2 rings (SSSR count). The average molecular weight is 319 g/mol. The molecule has 0 aliphatic rings. The minimum absolute atomic E-state index is 0.0452. The number of nitro groups is 1. The van der Waals surface area contributed by atoms with Crippen LogP contribution in [0.25, 0.3) is 0 Å². The molecule has 0 fully saturated rings. The molecule has 1 aromatic carbocycles. The second kappa shape index (κ2) is 6.60. The molecule has 0 amide bonds. The van der Waals surface area contributed by atoms with E-state index in [1.54, 1.807) is 0 Å². The van der Waals surface area contributed by atoms with E-state index in [2.05, 4.69) is 9.72 Å². The van der Waals surface area contributed by atoms with E-state index in [0.29, 0.717) is 0 Å². The van der Waals surface area contributed by atoms with Crippen LogP contribution in [0.1, 0.15) is 10.4 Å². The molecule has 0 unspecified atom stereocenters. The van der Waals surface area contributed by atoms with Gasteiger partial charge in [-0.2, -0.15) is 0 Å². The fourth-order valence-corrected chi connectivity index (χ4v) is 1.78. The number of hydrogen-bond donors (Lipinski definition) is 1. The van der Waals surface area contributed by atoms with Crippen molar-refractivity contribution in [2.24, 2.45) is 0 Å². The SMILES string of the molecule is COC(=O)c1cc(Oc2cnc([N+](=O)[O-])c(OC)c2)ccc1N. The number of methoxy groups -OCH3 is 2. The number of benzene rings is 1. The number of anilines is 1. The van der Waals surface area contributed by atoms with Crippen molar-refractivity contribution in [1.29, 1.82) is 0 Å². The lowest BCUT2D eigenvalue weighted by atomic mass is 10.2. The topological polar surface area (TPSA) is 127 Å². The largest absolute Gasteiger partial charge is 0.489 e. The maximum atomic E-state index is 11.6. The molecule has 9 nitrogen and oxygen atoms in total. The highest BCUT2D eigenvalue weighted by Gasteiger charge is 2.18. The molecular formula is C14H13N3O6. The summed E-state index contributed by atoms with van der Waals surface area (Å²) in [6, 6.07) is 5.74. The van der Waals surface area contributed by atoms with Crippen molar-refractivity contribution in [3.05, 3.63) is 46.1 Å². The van der Waals surface area contributed by atoms with Gasteiger partial charge in [-0.3, -0.25) is 0 Å². The van der Waals surface area contributed by atoms with E-state index >= 15 is 0 Å². The predicted molar refractivity (Wildman–Crippen MR) is 79.7 cm³/mol. The number of nitrogens with zero attached hydrogens (tertiary/aromatic N) is 2. The Labute approximate surface area is 130 Å².